The highest BCUT2D eigenvalue weighted by Crippen LogP contribution is 2.47. The summed E-state index contributed by atoms with van der Waals surface area (Å²) in [5, 5.41) is 2.88. The second-order valence-electron chi connectivity index (χ2n) is 5.27. The zero-order chi connectivity index (χ0) is 14.3. The number of nitrogens with zero attached hydrogens (tertiary/aromatic N) is 1. The van der Waals surface area contributed by atoms with E-state index in [-0.39, 0.29) is 5.91 Å². The van der Waals surface area contributed by atoms with E-state index in [0.717, 1.165) is 16.8 Å². The van der Waals surface area contributed by atoms with Gasteiger partial charge in [-0.3, -0.25) is 4.79 Å². The van der Waals surface area contributed by atoms with Gasteiger partial charge in [-0.15, -0.1) is 0 Å². The van der Waals surface area contributed by atoms with Gasteiger partial charge in [-0.1, -0.05) is 18.7 Å². The third-order valence-electron chi connectivity index (χ3n) is 4.11. The third-order valence-corrected chi connectivity index (χ3v) is 4.11. The lowest BCUT2D eigenvalue weighted by atomic mass is 9.78. The lowest BCUT2D eigenvalue weighted by molar-refractivity contribution is -0.126. The molecule has 2 aliphatic rings. The molecule has 0 bridgehead atoms. The van der Waals surface area contributed by atoms with Crippen LogP contribution in [0, 0.1) is 5.41 Å². The van der Waals surface area contributed by atoms with Crippen LogP contribution in [-0.2, 0) is 17.6 Å². The van der Waals surface area contributed by atoms with Crippen LogP contribution >= 0.6 is 0 Å². The number of nitrogens with two attached hydrogens (primary N) is 1. The number of allylic oxidation sites excluding steroid dienone is 1. The molecule has 0 aromatic heterocycles. The standard InChI is InChI=1S/C16H17N3O/c1-3-13-14(18-4-2)19-15(20)16(13)8-10-5-6-12(17)7-11(10)9-16/h3-7H,1,8-9,17H2,2H3,(H,19,20)/b18-4-. The molecule has 0 radical (unpaired) electrons. The van der Waals surface area contributed by atoms with Gasteiger partial charge in [-0.2, -0.15) is 0 Å². The first-order chi connectivity index (χ1) is 9.60. The summed E-state index contributed by atoms with van der Waals surface area (Å²) in [6.07, 6.45) is 4.76. The number of fused-ring (bicyclic) bond motifs is 1. The van der Waals surface area contributed by atoms with E-state index in [1.807, 2.05) is 25.1 Å². The Morgan fingerprint density at radius 3 is 2.85 bits per heavy atom. The molecule has 0 saturated heterocycles. The third kappa shape index (κ3) is 1.61. The maximum atomic E-state index is 12.5. The summed E-state index contributed by atoms with van der Waals surface area (Å²) in [5.41, 5.74) is 9.20. The number of amides is 1. The van der Waals surface area contributed by atoms with Crippen LogP contribution in [0.15, 0.2) is 47.2 Å². The molecule has 4 heteroatoms. The van der Waals surface area contributed by atoms with Crippen molar-refractivity contribution in [2.24, 2.45) is 10.4 Å². The molecule has 3 N–H and O–H groups in total. The molecule has 1 unspecified atom stereocenters. The molecule has 4 nitrogen and oxygen atoms in total. The second kappa shape index (κ2) is 4.34. The molecule has 0 fully saturated rings. The molecule has 20 heavy (non-hydrogen) atoms. The number of anilines is 1. The fraction of sp³-hybridized carbons (Fsp3) is 0.250. The molecule has 1 heterocycles. The van der Waals surface area contributed by atoms with E-state index in [1.165, 1.54) is 5.56 Å². The number of rotatable bonds is 2. The van der Waals surface area contributed by atoms with Gasteiger partial charge in [0.15, 0.2) is 0 Å². The summed E-state index contributed by atoms with van der Waals surface area (Å²) >= 11 is 0. The highest BCUT2D eigenvalue weighted by atomic mass is 16.2. The molecule has 1 amide bonds. The largest absolute Gasteiger partial charge is 0.399 e. The van der Waals surface area contributed by atoms with Crippen molar-refractivity contribution in [1.29, 1.82) is 0 Å². The van der Waals surface area contributed by atoms with Crippen LogP contribution < -0.4 is 11.1 Å². The molecule has 102 valence electrons. The summed E-state index contributed by atoms with van der Waals surface area (Å²) in [6.45, 7) is 5.69. The number of carbonyl (C=O) groups excluding carboxylic acids is 1. The van der Waals surface area contributed by atoms with Gasteiger partial charge in [0, 0.05) is 17.5 Å². The molecular weight excluding hydrogens is 250 g/mol. The number of hydrogen-bond donors (Lipinski definition) is 2. The number of nitrogens with one attached hydrogen (secondary N) is 1. The number of nitrogen functional groups attached to an aromatic ring is 1. The van der Waals surface area contributed by atoms with Crippen LogP contribution in [0.3, 0.4) is 0 Å². The molecule has 1 aliphatic heterocycles. The van der Waals surface area contributed by atoms with Crippen molar-refractivity contribution in [3.8, 4) is 0 Å². The van der Waals surface area contributed by atoms with Crippen LogP contribution in [-0.4, -0.2) is 12.1 Å². The molecule has 1 spiro atoms. The van der Waals surface area contributed by atoms with Gasteiger partial charge >= 0.3 is 0 Å². The monoisotopic (exact) mass is 267 g/mol. The fourth-order valence-corrected chi connectivity index (χ4v) is 3.21. The van der Waals surface area contributed by atoms with E-state index in [1.54, 1.807) is 12.3 Å². The normalized spacial score (nSPS) is 24.6. The fourth-order valence-electron chi connectivity index (χ4n) is 3.21. The minimum Gasteiger partial charge on any atom is -0.399 e. The molecule has 3 rings (SSSR count). The maximum Gasteiger partial charge on any atom is 0.237 e. The van der Waals surface area contributed by atoms with Gasteiger partial charge in [0.25, 0.3) is 0 Å². The summed E-state index contributed by atoms with van der Waals surface area (Å²) in [5.74, 6) is 0.621. The highest BCUT2D eigenvalue weighted by Gasteiger charge is 2.51. The second-order valence-corrected chi connectivity index (χ2v) is 5.27. The molecular formula is C16H17N3O. The van der Waals surface area contributed by atoms with Crippen LogP contribution in [0.4, 0.5) is 5.69 Å². The lowest BCUT2D eigenvalue weighted by Crippen LogP contribution is -2.34. The van der Waals surface area contributed by atoms with Gasteiger partial charge in [0.1, 0.15) is 5.82 Å². The van der Waals surface area contributed by atoms with Crippen molar-refractivity contribution in [2.45, 2.75) is 19.8 Å². The Hall–Kier alpha value is -2.36. The Bertz CT molecular complexity index is 672. The number of benzene rings is 1. The summed E-state index contributed by atoms with van der Waals surface area (Å²) < 4.78 is 0. The minimum atomic E-state index is -0.570. The highest BCUT2D eigenvalue weighted by molar-refractivity contribution is 5.94. The summed E-state index contributed by atoms with van der Waals surface area (Å²) in [6, 6.07) is 5.85. The Balaban J connectivity index is 2.10. The number of carbonyl (C=O) groups is 1. The van der Waals surface area contributed by atoms with Crippen molar-refractivity contribution >= 4 is 17.8 Å². The first-order valence-electron chi connectivity index (χ1n) is 6.65. The van der Waals surface area contributed by atoms with Gasteiger partial charge < -0.3 is 11.1 Å². The first kappa shape index (κ1) is 12.7. The summed E-state index contributed by atoms with van der Waals surface area (Å²) in [7, 11) is 0. The van der Waals surface area contributed by atoms with E-state index in [0.29, 0.717) is 18.7 Å². The molecule has 0 saturated carbocycles. The van der Waals surface area contributed by atoms with Crippen LogP contribution in [0.2, 0.25) is 0 Å². The van der Waals surface area contributed by atoms with Gasteiger partial charge in [0.2, 0.25) is 5.91 Å². The smallest absolute Gasteiger partial charge is 0.237 e. The zero-order valence-electron chi connectivity index (χ0n) is 11.4. The number of aliphatic imine (C=N–C) groups is 1. The van der Waals surface area contributed by atoms with Gasteiger partial charge in [-0.25, -0.2) is 4.99 Å². The lowest BCUT2D eigenvalue weighted by Gasteiger charge is -2.21. The van der Waals surface area contributed by atoms with Crippen LogP contribution in [0.1, 0.15) is 18.1 Å². The SMILES string of the molecule is C=CC1=C(/N=C\C)NC(=O)C12Cc1ccc(N)cc1C2. The molecule has 1 aromatic rings. The predicted molar refractivity (Wildman–Crippen MR) is 80.2 cm³/mol. The Morgan fingerprint density at radius 2 is 2.15 bits per heavy atom. The van der Waals surface area contributed by atoms with Crippen LogP contribution in [0.5, 0.6) is 0 Å². The molecule has 1 aromatic carbocycles. The summed E-state index contributed by atoms with van der Waals surface area (Å²) in [4.78, 5) is 16.8. The Labute approximate surface area is 118 Å². The van der Waals surface area contributed by atoms with Crippen molar-refractivity contribution in [1.82, 2.24) is 5.32 Å². The van der Waals surface area contributed by atoms with E-state index < -0.39 is 5.41 Å². The Morgan fingerprint density at radius 1 is 1.40 bits per heavy atom. The predicted octanol–water partition coefficient (Wildman–Crippen LogP) is 1.97. The van der Waals surface area contributed by atoms with E-state index >= 15 is 0 Å². The minimum absolute atomic E-state index is 0.00257. The molecule has 1 aliphatic carbocycles. The Kier molecular flexibility index (Phi) is 2.74. The maximum absolute atomic E-state index is 12.5. The average molecular weight is 267 g/mol. The first-order valence-corrected chi connectivity index (χ1v) is 6.65. The quantitative estimate of drug-likeness (QED) is 0.635. The topological polar surface area (TPSA) is 67.5 Å². The van der Waals surface area contributed by atoms with Crippen molar-refractivity contribution in [3.63, 3.8) is 0 Å². The molecule has 1 atom stereocenters. The average Bonchev–Trinajstić information content (AvgIpc) is 2.89. The van der Waals surface area contributed by atoms with Crippen molar-refractivity contribution in [2.75, 3.05) is 5.73 Å². The van der Waals surface area contributed by atoms with Gasteiger partial charge in [-0.05, 0) is 43.0 Å². The van der Waals surface area contributed by atoms with E-state index in [2.05, 4.69) is 16.9 Å². The van der Waals surface area contributed by atoms with E-state index in [4.69, 9.17) is 5.73 Å². The number of hydrogen-bond acceptors (Lipinski definition) is 3. The zero-order valence-corrected chi connectivity index (χ0v) is 11.4. The van der Waals surface area contributed by atoms with Crippen molar-refractivity contribution < 1.29 is 4.79 Å². The van der Waals surface area contributed by atoms with Crippen LogP contribution in [0.25, 0.3) is 0 Å². The van der Waals surface area contributed by atoms with Gasteiger partial charge in [0.05, 0.1) is 5.41 Å². The van der Waals surface area contributed by atoms with Crippen molar-refractivity contribution in [3.05, 3.63) is 53.4 Å². The van der Waals surface area contributed by atoms with E-state index in [9.17, 15) is 4.79 Å².